The molecule has 0 N–H and O–H groups in total. The number of hydrogen-bond acceptors (Lipinski definition) is 1. The van der Waals surface area contributed by atoms with Crippen LogP contribution in [-0.2, 0) is 12.6 Å². The molecule has 0 amide bonds. The number of benzene rings is 2. The van der Waals surface area contributed by atoms with Crippen molar-refractivity contribution in [2.75, 3.05) is 0 Å². The van der Waals surface area contributed by atoms with E-state index in [0.29, 0.717) is 22.1 Å². The van der Waals surface area contributed by atoms with Crippen molar-refractivity contribution in [3.8, 4) is 11.3 Å². The molecule has 142 valence electrons. The van der Waals surface area contributed by atoms with Crippen LogP contribution in [0.2, 0.25) is 5.02 Å². The first-order valence-corrected chi connectivity index (χ1v) is 9.09. The highest BCUT2D eigenvalue weighted by Crippen LogP contribution is 2.35. The monoisotopic (exact) mass is 400 g/mol. The van der Waals surface area contributed by atoms with Crippen molar-refractivity contribution in [3.05, 3.63) is 94.3 Å². The van der Waals surface area contributed by atoms with E-state index in [1.54, 1.807) is 24.3 Å². The number of imidazole rings is 1. The molecule has 0 atom stereocenters. The third-order valence-corrected chi connectivity index (χ3v) is 4.88. The normalized spacial score (nSPS) is 11.9. The van der Waals surface area contributed by atoms with Crippen LogP contribution in [0.5, 0.6) is 0 Å². The van der Waals surface area contributed by atoms with E-state index in [1.165, 1.54) is 12.1 Å². The van der Waals surface area contributed by atoms with Gasteiger partial charge in [-0.05, 0) is 42.3 Å². The number of fused-ring (bicyclic) bond motifs is 1. The standard InChI is InChI=1S/C22H16ClF3N2/c1-14-9-10-20-27-21(16-6-4-7-17(23)11-16)19(28(20)13-14)12-15-5-2-3-8-18(15)22(24,25)26/h2-11,13H,12H2,1H3. The van der Waals surface area contributed by atoms with Crippen molar-refractivity contribution in [1.29, 1.82) is 0 Å². The quantitative estimate of drug-likeness (QED) is 0.380. The fraction of sp³-hybridized carbons (Fsp3) is 0.136. The number of nitrogens with zero attached hydrogens (tertiary/aromatic N) is 2. The maximum atomic E-state index is 13.5. The third kappa shape index (κ3) is 3.50. The topological polar surface area (TPSA) is 17.3 Å². The lowest BCUT2D eigenvalue weighted by Crippen LogP contribution is -2.10. The minimum atomic E-state index is -4.41. The fourth-order valence-corrected chi connectivity index (χ4v) is 3.56. The summed E-state index contributed by atoms with van der Waals surface area (Å²) in [7, 11) is 0. The Kier molecular flexibility index (Phi) is 4.63. The molecule has 2 nitrogen and oxygen atoms in total. The minimum Gasteiger partial charge on any atom is -0.303 e. The average molecular weight is 401 g/mol. The zero-order chi connectivity index (χ0) is 19.9. The van der Waals surface area contributed by atoms with Gasteiger partial charge in [0.15, 0.2) is 0 Å². The van der Waals surface area contributed by atoms with E-state index < -0.39 is 11.7 Å². The van der Waals surface area contributed by atoms with Crippen molar-refractivity contribution < 1.29 is 13.2 Å². The molecule has 0 aliphatic heterocycles. The van der Waals surface area contributed by atoms with E-state index in [9.17, 15) is 13.2 Å². The van der Waals surface area contributed by atoms with Gasteiger partial charge in [0, 0.05) is 23.2 Å². The molecule has 4 aromatic rings. The number of halogens is 4. The molecule has 0 aliphatic rings. The summed E-state index contributed by atoms with van der Waals surface area (Å²) >= 11 is 6.13. The van der Waals surface area contributed by atoms with Gasteiger partial charge in [-0.3, -0.25) is 0 Å². The number of pyridine rings is 1. The van der Waals surface area contributed by atoms with Gasteiger partial charge in [0.25, 0.3) is 0 Å². The van der Waals surface area contributed by atoms with Crippen LogP contribution in [0.25, 0.3) is 16.9 Å². The van der Waals surface area contributed by atoms with E-state index >= 15 is 0 Å². The molecule has 0 unspecified atom stereocenters. The van der Waals surface area contributed by atoms with Crippen LogP contribution in [0.3, 0.4) is 0 Å². The molecule has 4 rings (SSSR count). The van der Waals surface area contributed by atoms with Crippen LogP contribution < -0.4 is 0 Å². The summed E-state index contributed by atoms with van der Waals surface area (Å²) in [4.78, 5) is 4.68. The molecule has 6 heteroatoms. The summed E-state index contributed by atoms with van der Waals surface area (Å²) in [6, 6.07) is 16.6. The SMILES string of the molecule is Cc1ccc2nc(-c3cccc(Cl)c3)c(Cc3ccccc3C(F)(F)F)n2c1. The van der Waals surface area contributed by atoms with Crippen LogP contribution in [-0.4, -0.2) is 9.38 Å². The number of hydrogen-bond donors (Lipinski definition) is 0. The Labute approximate surface area is 165 Å². The summed E-state index contributed by atoms with van der Waals surface area (Å²) in [5, 5.41) is 0.548. The van der Waals surface area contributed by atoms with Gasteiger partial charge >= 0.3 is 6.18 Å². The molecule has 0 bridgehead atoms. The molecular formula is C22H16ClF3N2. The molecule has 28 heavy (non-hydrogen) atoms. The molecule has 0 spiro atoms. The summed E-state index contributed by atoms with van der Waals surface area (Å²) < 4.78 is 42.3. The highest BCUT2D eigenvalue weighted by atomic mass is 35.5. The maximum absolute atomic E-state index is 13.5. The molecule has 2 aromatic heterocycles. The van der Waals surface area contributed by atoms with Crippen LogP contribution in [0.1, 0.15) is 22.4 Å². The Morgan fingerprint density at radius 3 is 2.54 bits per heavy atom. The van der Waals surface area contributed by atoms with Gasteiger partial charge < -0.3 is 4.40 Å². The van der Waals surface area contributed by atoms with Crippen molar-refractivity contribution in [1.82, 2.24) is 9.38 Å². The highest BCUT2D eigenvalue weighted by Gasteiger charge is 2.33. The molecule has 0 saturated carbocycles. The predicted molar refractivity (Wildman–Crippen MR) is 105 cm³/mol. The highest BCUT2D eigenvalue weighted by molar-refractivity contribution is 6.30. The van der Waals surface area contributed by atoms with Crippen molar-refractivity contribution in [2.24, 2.45) is 0 Å². The second kappa shape index (κ2) is 6.99. The number of aryl methyl sites for hydroxylation is 1. The number of aromatic nitrogens is 2. The van der Waals surface area contributed by atoms with Crippen molar-refractivity contribution >= 4 is 17.2 Å². The first kappa shape index (κ1) is 18.6. The van der Waals surface area contributed by atoms with E-state index in [2.05, 4.69) is 4.98 Å². The molecule has 2 aromatic carbocycles. The van der Waals surface area contributed by atoms with E-state index in [1.807, 2.05) is 35.7 Å². The summed E-state index contributed by atoms with van der Waals surface area (Å²) in [5.41, 5.74) is 3.35. The second-order valence-electron chi connectivity index (χ2n) is 6.68. The minimum absolute atomic E-state index is 0.0994. The lowest BCUT2D eigenvalue weighted by Gasteiger charge is -2.13. The smallest absolute Gasteiger partial charge is 0.303 e. The first-order chi connectivity index (χ1) is 13.3. The molecule has 2 heterocycles. The van der Waals surface area contributed by atoms with E-state index in [0.717, 1.165) is 17.2 Å². The van der Waals surface area contributed by atoms with E-state index in [-0.39, 0.29) is 12.0 Å². The zero-order valence-electron chi connectivity index (χ0n) is 15.0. The Hall–Kier alpha value is -2.79. The van der Waals surface area contributed by atoms with Gasteiger partial charge in [-0.25, -0.2) is 4.98 Å². The van der Waals surface area contributed by atoms with Crippen LogP contribution in [0, 0.1) is 6.92 Å². The Morgan fingerprint density at radius 1 is 1.00 bits per heavy atom. The zero-order valence-corrected chi connectivity index (χ0v) is 15.7. The fourth-order valence-electron chi connectivity index (χ4n) is 3.37. The Morgan fingerprint density at radius 2 is 1.79 bits per heavy atom. The van der Waals surface area contributed by atoms with Gasteiger partial charge in [-0.1, -0.05) is 48.0 Å². The molecule has 0 saturated heterocycles. The van der Waals surface area contributed by atoms with Crippen LogP contribution in [0.4, 0.5) is 13.2 Å². The lowest BCUT2D eigenvalue weighted by atomic mass is 9.99. The third-order valence-electron chi connectivity index (χ3n) is 4.64. The largest absolute Gasteiger partial charge is 0.416 e. The van der Waals surface area contributed by atoms with Gasteiger partial charge in [0.1, 0.15) is 5.65 Å². The van der Waals surface area contributed by atoms with Crippen LogP contribution in [0.15, 0.2) is 66.9 Å². The average Bonchev–Trinajstić information content (AvgIpc) is 2.99. The summed E-state index contributed by atoms with van der Waals surface area (Å²) in [6.07, 6.45) is -2.42. The number of rotatable bonds is 3. The predicted octanol–water partition coefficient (Wildman–Crippen LogP) is 6.57. The van der Waals surface area contributed by atoms with Crippen molar-refractivity contribution in [2.45, 2.75) is 19.5 Å². The molecule has 0 aliphatic carbocycles. The first-order valence-electron chi connectivity index (χ1n) is 8.71. The Bertz CT molecular complexity index is 1160. The molecular weight excluding hydrogens is 385 g/mol. The second-order valence-corrected chi connectivity index (χ2v) is 7.12. The van der Waals surface area contributed by atoms with Gasteiger partial charge in [-0.15, -0.1) is 0 Å². The van der Waals surface area contributed by atoms with Gasteiger partial charge in [-0.2, -0.15) is 13.2 Å². The molecule has 0 fully saturated rings. The summed E-state index contributed by atoms with van der Waals surface area (Å²) in [6.45, 7) is 1.94. The van der Waals surface area contributed by atoms with Gasteiger partial charge in [0.2, 0.25) is 0 Å². The van der Waals surface area contributed by atoms with E-state index in [4.69, 9.17) is 11.6 Å². The summed E-state index contributed by atoms with van der Waals surface area (Å²) in [5.74, 6) is 0. The maximum Gasteiger partial charge on any atom is 0.416 e. The van der Waals surface area contributed by atoms with Crippen LogP contribution >= 0.6 is 11.6 Å². The lowest BCUT2D eigenvalue weighted by molar-refractivity contribution is -0.138. The number of alkyl halides is 3. The Balaban J connectivity index is 1.94. The molecule has 0 radical (unpaired) electrons. The van der Waals surface area contributed by atoms with Gasteiger partial charge in [0.05, 0.1) is 17.0 Å². The van der Waals surface area contributed by atoms with Crippen molar-refractivity contribution in [3.63, 3.8) is 0 Å².